The average Bonchev–Trinajstić information content (AvgIpc) is 2.16. The van der Waals surface area contributed by atoms with E-state index in [0.29, 0.717) is 6.20 Å². The van der Waals surface area contributed by atoms with Crippen molar-refractivity contribution in [3.8, 4) is 0 Å². The van der Waals surface area contributed by atoms with Gasteiger partial charge in [-0.15, -0.1) is 0 Å². The van der Waals surface area contributed by atoms with E-state index in [0.717, 1.165) is 7.11 Å². The number of hydrogen-bond donors (Lipinski definition) is 0. The molecule has 0 spiro atoms. The Labute approximate surface area is 96.8 Å². The first kappa shape index (κ1) is 12.2. The first-order chi connectivity index (χ1) is 6.99. The van der Waals surface area contributed by atoms with Gasteiger partial charge >= 0.3 is 5.97 Å². The number of carbonyl (C=O) groups is 1. The minimum Gasteiger partial charge on any atom is -0.464 e. The molecule has 0 aromatic carbocycles. The molecule has 0 aliphatic rings. The zero-order chi connectivity index (χ0) is 11.6. The first-order valence-corrected chi connectivity index (χ1v) is 4.77. The van der Waals surface area contributed by atoms with Gasteiger partial charge in [0.1, 0.15) is 0 Å². The maximum Gasteiger partial charge on any atom is 0.357 e. The van der Waals surface area contributed by atoms with Crippen molar-refractivity contribution in [1.29, 1.82) is 0 Å². The van der Waals surface area contributed by atoms with Gasteiger partial charge < -0.3 is 4.74 Å². The quantitative estimate of drug-likeness (QED) is 0.618. The van der Waals surface area contributed by atoms with E-state index in [4.69, 9.17) is 0 Å². The van der Waals surface area contributed by atoms with Gasteiger partial charge in [-0.05, 0) is 22.6 Å². The van der Waals surface area contributed by atoms with Crippen molar-refractivity contribution in [2.75, 3.05) is 7.11 Å². The minimum atomic E-state index is -3.00. The summed E-state index contributed by atoms with van der Waals surface area (Å²) < 4.78 is 41.9. The summed E-state index contributed by atoms with van der Waals surface area (Å²) in [4.78, 5) is 14.5. The third-order valence-electron chi connectivity index (χ3n) is 1.61. The zero-order valence-corrected chi connectivity index (χ0v) is 9.59. The maximum atomic E-state index is 12.9. The van der Waals surface area contributed by atoms with Gasteiger partial charge in [0, 0.05) is 0 Å². The SMILES string of the molecule is COC(=O)c1ncc(F)c(C(F)F)c1I. The Morgan fingerprint density at radius 1 is 1.60 bits per heavy atom. The topological polar surface area (TPSA) is 39.2 Å². The zero-order valence-electron chi connectivity index (χ0n) is 7.43. The summed E-state index contributed by atoms with van der Waals surface area (Å²) in [5.74, 6) is -2.01. The van der Waals surface area contributed by atoms with E-state index >= 15 is 0 Å². The summed E-state index contributed by atoms with van der Waals surface area (Å²) in [6.07, 6.45) is -2.42. The van der Waals surface area contributed by atoms with Crippen LogP contribution in [0.1, 0.15) is 22.5 Å². The fourth-order valence-corrected chi connectivity index (χ4v) is 1.77. The summed E-state index contributed by atoms with van der Waals surface area (Å²) in [5.41, 5.74) is -1.14. The van der Waals surface area contributed by atoms with Crippen LogP contribution in [0.4, 0.5) is 13.2 Å². The van der Waals surface area contributed by atoms with E-state index in [1.54, 1.807) is 0 Å². The van der Waals surface area contributed by atoms with E-state index in [1.807, 2.05) is 0 Å². The molecule has 0 N–H and O–H groups in total. The van der Waals surface area contributed by atoms with Gasteiger partial charge in [-0.25, -0.2) is 22.9 Å². The number of methoxy groups -OCH3 is 1. The van der Waals surface area contributed by atoms with E-state index in [-0.39, 0.29) is 9.26 Å². The molecule has 0 radical (unpaired) electrons. The van der Waals surface area contributed by atoms with Crippen LogP contribution in [0.15, 0.2) is 6.20 Å². The van der Waals surface area contributed by atoms with Gasteiger partial charge in [-0.1, -0.05) is 0 Å². The molecule has 0 bridgehead atoms. The summed E-state index contributed by atoms with van der Waals surface area (Å²) in [7, 11) is 1.09. The summed E-state index contributed by atoms with van der Waals surface area (Å²) >= 11 is 1.44. The number of pyridine rings is 1. The van der Waals surface area contributed by atoms with E-state index in [9.17, 15) is 18.0 Å². The molecule has 3 nitrogen and oxygen atoms in total. The lowest BCUT2D eigenvalue weighted by Gasteiger charge is -2.07. The Morgan fingerprint density at radius 2 is 2.20 bits per heavy atom. The molecule has 1 aromatic rings. The van der Waals surface area contributed by atoms with Gasteiger partial charge in [0.15, 0.2) is 11.5 Å². The smallest absolute Gasteiger partial charge is 0.357 e. The highest BCUT2D eigenvalue weighted by atomic mass is 127. The molecule has 15 heavy (non-hydrogen) atoms. The van der Waals surface area contributed by atoms with Crippen molar-refractivity contribution in [2.45, 2.75) is 6.43 Å². The molecule has 82 valence electrons. The Kier molecular flexibility index (Phi) is 3.89. The standard InChI is InChI=1S/C8H5F3INO2/c1-15-8(14)6-5(12)4(7(10)11)3(9)2-13-6/h2,7H,1H3. The number of ether oxygens (including phenoxy) is 1. The Bertz CT molecular complexity index is 398. The van der Waals surface area contributed by atoms with Gasteiger partial charge in [0.2, 0.25) is 0 Å². The van der Waals surface area contributed by atoms with E-state index < -0.39 is 23.8 Å². The molecule has 0 aliphatic carbocycles. The van der Waals surface area contributed by atoms with Gasteiger partial charge in [-0.3, -0.25) is 0 Å². The van der Waals surface area contributed by atoms with Crippen LogP contribution < -0.4 is 0 Å². The molecular formula is C8H5F3INO2. The van der Waals surface area contributed by atoms with Crippen molar-refractivity contribution in [3.05, 3.63) is 26.8 Å². The van der Waals surface area contributed by atoms with Crippen molar-refractivity contribution < 1.29 is 22.7 Å². The lowest BCUT2D eigenvalue weighted by molar-refractivity contribution is 0.0591. The highest BCUT2D eigenvalue weighted by Crippen LogP contribution is 2.28. The highest BCUT2D eigenvalue weighted by molar-refractivity contribution is 14.1. The highest BCUT2D eigenvalue weighted by Gasteiger charge is 2.24. The number of alkyl halides is 2. The number of nitrogens with zero attached hydrogens (tertiary/aromatic N) is 1. The van der Waals surface area contributed by atoms with E-state index in [2.05, 4.69) is 9.72 Å². The van der Waals surface area contributed by atoms with Gasteiger partial charge in [0.25, 0.3) is 6.43 Å². The molecule has 0 atom stereocenters. The van der Waals surface area contributed by atoms with Crippen LogP contribution in [-0.2, 0) is 4.74 Å². The van der Waals surface area contributed by atoms with Crippen LogP contribution in [0.3, 0.4) is 0 Å². The van der Waals surface area contributed by atoms with E-state index in [1.165, 1.54) is 22.6 Å². The largest absolute Gasteiger partial charge is 0.464 e. The fourth-order valence-electron chi connectivity index (χ4n) is 0.919. The molecule has 1 heterocycles. The third-order valence-corrected chi connectivity index (χ3v) is 2.70. The predicted octanol–water partition coefficient (Wildman–Crippen LogP) is 2.55. The Hall–Kier alpha value is -0.860. The lowest BCUT2D eigenvalue weighted by atomic mass is 10.2. The first-order valence-electron chi connectivity index (χ1n) is 3.69. The number of hydrogen-bond acceptors (Lipinski definition) is 3. The second-order valence-corrected chi connectivity index (χ2v) is 3.55. The molecule has 0 saturated carbocycles. The number of aromatic nitrogens is 1. The summed E-state index contributed by atoms with van der Waals surface area (Å²) in [6, 6.07) is 0. The number of halogens is 4. The molecule has 0 amide bonds. The average molecular weight is 331 g/mol. The van der Waals surface area contributed by atoms with Crippen molar-refractivity contribution >= 4 is 28.6 Å². The fraction of sp³-hybridized carbons (Fsp3) is 0.250. The van der Waals surface area contributed by atoms with Crippen molar-refractivity contribution in [2.24, 2.45) is 0 Å². The van der Waals surface area contributed by atoms with Gasteiger partial charge in [-0.2, -0.15) is 0 Å². The second-order valence-electron chi connectivity index (χ2n) is 2.47. The molecule has 1 rings (SSSR count). The molecule has 0 unspecified atom stereocenters. The van der Waals surface area contributed by atoms with Gasteiger partial charge in [0.05, 0.1) is 22.4 Å². The van der Waals surface area contributed by atoms with Crippen LogP contribution >= 0.6 is 22.6 Å². The minimum absolute atomic E-state index is 0.227. The Balaban J connectivity index is 3.35. The molecule has 0 fully saturated rings. The van der Waals surface area contributed by atoms with Crippen LogP contribution in [0.25, 0.3) is 0 Å². The van der Waals surface area contributed by atoms with Crippen LogP contribution in [0.2, 0.25) is 0 Å². The predicted molar refractivity (Wildman–Crippen MR) is 53.2 cm³/mol. The maximum absolute atomic E-state index is 12.9. The van der Waals surface area contributed by atoms with Crippen molar-refractivity contribution in [3.63, 3.8) is 0 Å². The number of carbonyl (C=O) groups excluding carboxylic acids is 1. The monoisotopic (exact) mass is 331 g/mol. The molecule has 7 heteroatoms. The van der Waals surface area contributed by atoms with Crippen molar-refractivity contribution in [1.82, 2.24) is 4.98 Å². The second kappa shape index (κ2) is 4.77. The summed E-state index contributed by atoms with van der Waals surface area (Å²) in [5, 5.41) is 0. The van der Waals surface area contributed by atoms with Crippen LogP contribution in [-0.4, -0.2) is 18.1 Å². The molecular weight excluding hydrogens is 326 g/mol. The Morgan fingerprint density at radius 3 is 2.67 bits per heavy atom. The number of rotatable bonds is 2. The molecule has 1 aromatic heterocycles. The molecule has 0 aliphatic heterocycles. The lowest BCUT2D eigenvalue weighted by Crippen LogP contribution is -2.10. The van der Waals surface area contributed by atoms with Crippen LogP contribution in [0.5, 0.6) is 0 Å². The van der Waals surface area contributed by atoms with Crippen LogP contribution in [0, 0.1) is 9.39 Å². The summed E-state index contributed by atoms with van der Waals surface area (Å²) in [6.45, 7) is 0. The number of esters is 1. The third kappa shape index (κ3) is 2.39. The normalized spacial score (nSPS) is 10.5. The molecule has 0 saturated heterocycles.